The number of imide groups is 1. The summed E-state index contributed by atoms with van der Waals surface area (Å²) in [6.07, 6.45) is 2.32. The Balaban J connectivity index is 1.74. The monoisotopic (exact) mass is 509 g/mol. The number of hydrogen-bond acceptors (Lipinski definition) is 7. The molecular weight excluding hydrogens is 482 g/mol. The second-order valence-electron chi connectivity index (χ2n) is 8.11. The zero-order valence-corrected chi connectivity index (χ0v) is 19.5. The van der Waals surface area contributed by atoms with E-state index in [1.165, 1.54) is 13.0 Å². The fourth-order valence-electron chi connectivity index (χ4n) is 3.94. The van der Waals surface area contributed by atoms with E-state index in [4.69, 9.17) is 14.6 Å². The van der Waals surface area contributed by atoms with Gasteiger partial charge in [0.05, 0.1) is 10.4 Å². The van der Waals surface area contributed by atoms with Crippen LogP contribution in [0.25, 0.3) is 0 Å². The fourth-order valence-corrected chi connectivity index (χ4v) is 4.45. The summed E-state index contributed by atoms with van der Waals surface area (Å²) >= 11 is 3.22. The number of hydrogen-bond donors (Lipinski definition) is 2. The van der Waals surface area contributed by atoms with E-state index in [9.17, 15) is 19.5 Å². The Labute approximate surface area is 195 Å². The van der Waals surface area contributed by atoms with Gasteiger partial charge in [0.15, 0.2) is 11.6 Å². The smallest absolute Gasteiger partial charge is 0.417 e. The lowest BCUT2D eigenvalue weighted by Gasteiger charge is -2.37. The van der Waals surface area contributed by atoms with Crippen molar-refractivity contribution in [3.8, 4) is 0 Å². The predicted molar refractivity (Wildman–Crippen MR) is 119 cm³/mol. The zero-order valence-electron chi connectivity index (χ0n) is 17.9. The highest BCUT2D eigenvalue weighted by molar-refractivity contribution is 9.11. The minimum Gasteiger partial charge on any atom is -0.446 e. The Bertz CT molecular complexity index is 874. The lowest BCUT2D eigenvalue weighted by Crippen LogP contribution is -2.51. The quantitative estimate of drug-likeness (QED) is 0.491. The molecule has 32 heavy (non-hydrogen) atoms. The van der Waals surface area contributed by atoms with Gasteiger partial charge in [-0.3, -0.25) is 9.59 Å². The number of aliphatic hydroxyl groups is 2. The summed E-state index contributed by atoms with van der Waals surface area (Å²) in [5, 5.41) is 19.9. The number of nitrogens with zero attached hydrogens (tertiary/aromatic N) is 1. The largest absolute Gasteiger partial charge is 0.446 e. The van der Waals surface area contributed by atoms with Gasteiger partial charge in [0.1, 0.15) is 18.8 Å². The fraction of sp³-hybridized carbons (Fsp3) is 0.522. The summed E-state index contributed by atoms with van der Waals surface area (Å²) < 4.78 is 11.1. The van der Waals surface area contributed by atoms with Gasteiger partial charge in [-0.1, -0.05) is 50.1 Å². The predicted octanol–water partition coefficient (Wildman–Crippen LogP) is 3.22. The molecule has 8 nitrogen and oxygen atoms in total. The number of cyclic esters (lactones) is 1. The number of benzene rings is 1. The van der Waals surface area contributed by atoms with Crippen molar-refractivity contribution in [2.24, 2.45) is 5.92 Å². The number of halogens is 1. The molecule has 2 N–H and O–H groups in total. The maximum absolute atomic E-state index is 13.3. The maximum Gasteiger partial charge on any atom is 0.417 e. The summed E-state index contributed by atoms with van der Waals surface area (Å²) in [6.45, 7) is 1.65. The molecule has 0 saturated carbocycles. The summed E-state index contributed by atoms with van der Waals surface area (Å²) in [4.78, 5) is 39.3. The van der Waals surface area contributed by atoms with Gasteiger partial charge in [-0.05, 0) is 40.4 Å². The van der Waals surface area contributed by atoms with Crippen LogP contribution in [-0.4, -0.2) is 58.0 Å². The Morgan fingerprint density at radius 1 is 1.22 bits per heavy atom. The first-order valence-corrected chi connectivity index (χ1v) is 11.5. The van der Waals surface area contributed by atoms with E-state index in [2.05, 4.69) is 15.9 Å². The second kappa shape index (κ2) is 10.7. The molecular formula is C23H28BrNO7. The highest BCUT2D eigenvalue weighted by atomic mass is 79.9. The van der Waals surface area contributed by atoms with Crippen molar-refractivity contribution in [2.75, 3.05) is 13.2 Å². The SMILES string of the molecule is C[C@@H](C(=O)N1C(=O)OC[C@H]1c1ccccc1)[C@H]1O[C@@](O)(CCCCCCO)C(Br)=CC1=O. The summed E-state index contributed by atoms with van der Waals surface area (Å²) in [5.41, 5.74) is 0.747. The average Bonchev–Trinajstić information content (AvgIpc) is 3.17. The number of aliphatic hydroxyl groups excluding tert-OH is 1. The number of carbonyl (C=O) groups is 3. The van der Waals surface area contributed by atoms with Crippen molar-refractivity contribution in [3.63, 3.8) is 0 Å². The van der Waals surface area contributed by atoms with Crippen molar-refractivity contribution in [2.45, 2.75) is 57.0 Å². The first kappa shape index (κ1) is 24.6. The zero-order chi connectivity index (χ0) is 23.3. The molecule has 1 saturated heterocycles. The Morgan fingerprint density at radius 3 is 2.59 bits per heavy atom. The van der Waals surface area contributed by atoms with Crippen LogP contribution in [-0.2, 0) is 19.1 Å². The van der Waals surface area contributed by atoms with Gasteiger partial charge in [0, 0.05) is 13.0 Å². The summed E-state index contributed by atoms with van der Waals surface area (Å²) in [6, 6.07) is 8.45. The molecule has 1 aromatic carbocycles. The molecule has 2 aliphatic heterocycles. The van der Waals surface area contributed by atoms with Gasteiger partial charge in [-0.2, -0.15) is 0 Å². The number of ketones is 1. The van der Waals surface area contributed by atoms with E-state index in [0.29, 0.717) is 12.8 Å². The van der Waals surface area contributed by atoms with Crippen molar-refractivity contribution in [1.82, 2.24) is 4.90 Å². The number of ether oxygens (including phenoxy) is 2. The highest BCUT2D eigenvalue weighted by Crippen LogP contribution is 2.38. The van der Waals surface area contributed by atoms with E-state index in [0.717, 1.165) is 23.3 Å². The molecule has 2 heterocycles. The minimum atomic E-state index is -1.74. The van der Waals surface area contributed by atoms with Crippen molar-refractivity contribution in [3.05, 3.63) is 46.5 Å². The molecule has 0 unspecified atom stereocenters. The first-order valence-electron chi connectivity index (χ1n) is 10.8. The first-order chi connectivity index (χ1) is 15.3. The van der Waals surface area contributed by atoms with Gasteiger partial charge in [-0.25, -0.2) is 9.69 Å². The molecule has 9 heteroatoms. The van der Waals surface area contributed by atoms with Crippen LogP contribution in [0.4, 0.5) is 4.79 Å². The van der Waals surface area contributed by atoms with Crippen LogP contribution in [0.1, 0.15) is 50.6 Å². The number of rotatable bonds is 9. The van der Waals surface area contributed by atoms with Gasteiger partial charge >= 0.3 is 6.09 Å². The summed E-state index contributed by atoms with van der Waals surface area (Å²) in [5.74, 6) is -3.82. The molecule has 2 amide bonds. The normalized spacial score (nSPS) is 26.6. The lowest BCUT2D eigenvalue weighted by atomic mass is 9.93. The van der Waals surface area contributed by atoms with Gasteiger partial charge < -0.3 is 19.7 Å². The molecule has 0 radical (unpaired) electrons. The van der Waals surface area contributed by atoms with Crippen LogP contribution >= 0.6 is 15.9 Å². The van der Waals surface area contributed by atoms with Gasteiger partial charge in [-0.15, -0.1) is 0 Å². The molecule has 174 valence electrons. The molecule has 1 aromatic rings. The molecule has 2 aliphatic rings. The van der Waals surface area contributed by atoms with Crippen molar-refractivity contribution >= 4 is 33.7 Å². The number of carbonyl (C=O) groups excluding carboxylic acids is 3. The molecule has 4 atom stereocenters. The van der Waals surface area contributed by atoms with Crippen LogP contribution in [0.15, 0.2) is 40.9 Å². The van der Waals surface area contributed by atoms with Crippen LogP contribution < -0.4 is 0 Å². The van der Waals surface area contributed by atoms with Gasteiger partial charge in [0.2, 0.25) is 5.91 Å². The van der Waals surface area contributed by atoms with E-state index < -0.39 is 41.6 Å². The molecule has 0 aliphatic carbocycles. The van der Waals surface area contributed by atoms with Crippen molar-refractivity contribution in [1.29, 1.82) is 0 Å². The number of amides is 2. The molecule has 0 aromatic heterocycles. The highest BCUT2D eigenvalue weighted by Gasteiger charge is 2.48. The summed E-state index contributed by atoms with van der Waals surface area (Å²) in [7, 11) is 0. The second-order valence-corrected chi connectivity index (χ2v) is 8.96. The Kier molecular flexibility index (Phi) is 8.21. The molecule has 1 fully saturated rings. The number of unbranched alkanes of at least 4 members (excludes halogenated alkanes) is 3. The van der Waals surface area contributed by atoms with Crippen LogP contribution in [0, 0.1) is 5.92 Å². The van der Waals surface area contributed by atoms with E-state index in [1.807, 2.05) is 6.07 Å². The van der Waals surface area contributed by atoms with Crippen LogP contribution in [0.2, 0.25) is 0 Å². The van der Waals surface area contributed by atoms with E-state index in [-0.39, 0.29) is 24.1 Å². The van der Waals surface area contributed by atoms with E-state index in [1.54, 1.807) is 24.3 Å². The third kappa shape index (κ3) is 5.28. The third-order valence-corrected chi connectivity index (χ3v) is 6.66. The maximum atomic E-state index is 13.3. The van der Waals surface area contributed by atoms with Crippen molar-refractivity contribution < 1.29 is 34.1 Å². The Hall–Kier alpha value is -2.07. The van der Waals surface area contributed by atoms with E-state index >= 15 is 0 Å². The molecule has 0 spiro atoms. The topological polar surface area (TPSA) is 113 Å². The van der Waals surface area contributed by atoms with Crippen LogP contribution in [0.5, 0.6) is 0 Å². The lowest BCUT2D eigenvalue weighted by molar-refractivity contribution is -0.217. The minimum absolute atomic E-state index is 0.0318. The Morgan fingerprint density at radius 2 is 1.91 bits per heavy atom. The molecule has 3 rings (SSSR count). The average molecular weight is 510 g/mol. The van der Waals surface area contributed by atoms with Crippen LogP contribution in [0.3, 0.4) is 0 Å². The van der Waals surface area contributed by atoms with Gasteiger partial charge in [0.25, 0.3) is 0 Å². The standard InChI is InChI=1S/C23H28BrNO7/c1-15(21(28)25-17(14-31-22(25)29)16-9-5-4-6-10-16)20-18(27)13-19(24)23(30,32-20)11-7-2-3-8-12-26/h4-6,9-10,13,15,17,20,26,30H,2-3,7-8,11-12,14H2,1H3/t15-,17+,20-,23+/m1/s1. The molecule has 0 bridgehead atoms. The third-order valence-electron chi connectivity index (χ3n) is 5.81.